The van der Waals surface area contributed by atoms with Gasteiger partial charge in [0.05, 0.1) is 39.9 Å². The molecule has 23 heavy (non-hydrogen) atoms. The highest BCUT2D eigenvalue weighted by Crippen LogP contribution is 2.38. The van der Waals surface area contributed by atoms with Crippen molar-refractivity contribution in [3.05, 3.63) is 0 Å². The summed E-state index contributed by atoms with van der Waals surface area (Å²) in [6.07, 6.45) is 8.99. The minimum Gasteiger partial charge on any atom is -0.756 e. The van der Waals surface area contributed by atoms with Crippen LogP contribution in [0.4, 0.5) is 0 Å². The lowest BCUT2D eigenvalue weighted by atomic mass is 10.3. The van der Waals surface area contributed by atoms with Gasteiger partial charge in [-0.05, 0) is 19.3 Å². The molecule has 0 aromatic heterocycles. The highest BCUT2D eigenvalue weighted by atomic mass is 31.2. The van der Waals surface area contributed by atoms with E-state index in [0.29, 0.717) is 0 Å². The van der Waals surface area contributed by atoms with E-state index in [4.69, 9.17) is 0 Å². The molecule has 0 atom stereocenters. The number of likely N-dealkylation sites (tertiary alicyclic amines) is 1. The standard InChI is InChI=1S/C9H20N.C8H19O4P/c1-3-4-7-10(2)8-5-6-9-10;1-3-5-7-11-13(9,10)12-8-6-4-2/h3-9H2,1-2H3;3-8H2,1-2H3,(H,9,10)/q+1;/p-1. The van der Waals surface area contributed by atoms with Crippen molar-refractivity contribution >= 4 is 7.82 Å². The van der Waals surface area contributed by atoms with Crippen molar-refractivity contribution < 1.29 is 23.0 Å². The zero-order valence-electron chi connectivity index (χ0n) is 15.7. The largest absolute Gasteiger partial charge is 0.756 e. The molecule has 0 aromatic carbocycles. The Morgan fingerprint density at radius 1 is 0.913 bits per heavy atom. The maximum absolute atomic E-state index is 11.0. The molecule has 0 bridgehead atoms. The van der Waals surface area contributed by atoms with Gasteiger partial charge in [-0.15, -0.1) is 0 Å². The van der Waals surface area contributed by atoms with Crippen molar-refractivity contribution in [2.24, 2.45) is 0 Å². The van der Waals surface area contributed by atoms with Crippen LogP contribution in [0.2, 0.25) is 0 Å². The Morgan fingerprint density at radius 2 is 1.35 bits per heavy atom. The average Bonchev–Trinajstić information content (AvgIpc) is 2.93. The van der Waals surface area contributed by atoms with E-state index in [-0.39, 0.29) is 13.2 Å². The quantitative estimate of drug-likeness (QED) is 0.319. The van der Waals surface area contributed by atoms with Crippen LogP contribution in [0.1, 0.15) is 72.1 Å². The normalized spacial score (nSPS) is 16.9. The van der Waals surface area contributed by atoms with E-state index in [9.17, 15) is 9.46 Å². The lowest BCUT2D eigenvalue weighted by molar-refractivity contribution is -0.897. The molecule has 0 aliphatic carbocycles. The van der Waals surface area contributed by atoms with Crippen molar-refractivity contribution in [1.29, 1.82) is 0 Å². The third-order valence-electron chi connectivity index (χ3n) is 4.19. The minimum atomic E-state index is -4.00. The van der Waals surface area contributed by atoms with Gasteiger partial charge >= 0.3 is 0 Å². The molecule has 1 heterocycles. The first-order valence-corrected chi connectivity index (χ1v) is 10.8. The summed E-state index contributed by atoms with van der Waals surface area (Å²) in [5.74, 6) is 0. The van der Waals surface area contributed by atoms with E-state index in [1.54, 1.807) is 0 Å². The molecular weight excluding hydrogens is 313 g/mol. The Balaban J connectivity index is 0.000000433. The fraction of sp³-hybridized carbons (Fsp3) is 1.00. The van der Waals surface area contributed by atoms with Crippen LogP contribution in [0.25, 0.3) is 0 Å². The lowest BCUT2D eigenvalue weighted by Gasteiger charge is -2.28. The molecule has 1 saturated heterocycles. The van der Waals surface area contributed by atoms with Gasteiger partial charge in [-0.25, -0.2) is 0 Å². The smallest absolute Gasteiger partial charge is 0.267 e. The molecule has 5 nitrogen and oxygen atoms in total. The van der Waals surface area contributed by atoms with Crippen LogP contribution < -0.4 is 4.89 Å². The number of hydrogen-bond donors (Lipinski definition) is 0. The maximum Gasteiger partial charge on any atom is 0.267 e. The summed E-state index contributed by atoms with van der Waals surface area (Å²) in [6.45, 7) is 10.9. The van der Waals surface area contributed by atoms with Crippen molar-refractivity contribution in [1.82, 2.24) is 0 Å². The number of quaternary nitrogens is 1. The van der Waals surface area contributed by atoms with E-state index < -0.39 is 7.82 Å². The molecule has 0 spiro atoms. The van der Waals surface area contributed by atoms with E-state index in [0.717, 1.165) is 25.7 Å². The highest BCUT2D eigenvalue weighted by Gasteiger charge is 2.25. The molecule has 1 aliphatic rings. The first-order valence-electron chi connectivity index (χ1n) is 9.32. The molecule has 0 aromatic rings. The van der Waals surface area contributed by atoms with Crippen LogP contribution in [0.3, 0.4) is 0 Å². The third-order valence-corrected chi connectivity index (χ3v) is 5.19. The Labute approximate surface area is 143 Å². The molecule has 6 heteroatoms. The number of phosphoric acid groups is 1. The Hall–Kier alpha value is 0.0700. The first-order chi connectivity index (χ1) is 10.9. The summed E-state index contributed by atoms with van der Waals surface area (Å²) in [4.78, 5) is 11.0. The van der Waals surface area contributed by atoms with E-state index in [2.05, 4.69) is 23.0 Å². The van der Waals surface area contributed by atoms with Crippen molar-refractivity contribution in [2.45, 2.75) is 72.1 Å². The molecule has 1 fully saturated rings. The molecule has 140 valence electrons. The van der Waals surface area contributed by atoms with E-state index in [1.165, 1.54) is 49.8 Å². The summed E-state index contributed by atoms with van der Waals surface area (Å²) >= 11 is 0. The van der Waals surface area contributed by atoms with Crippen LogP contribution in [-0.2, 0) is 13.6 Å². The Kier molecular flexibility index (Phi) is 13.4. The van der Waals surface area contributed by atoms with Crippen molar-refractivity contribution in [3.63, 3.8) is 0 Å². The fourth-order valence-electron chi connectivity index (χ4n) is 2.54. The molecule has 0 radical (unpaired) electrons. The summed E-state index contributed by atoms with van der Waals surface area (Å²) in [7, 11) is -1.60. The molecule has 0 saturated carbocycles. The molecule has 0 N–H and O–H groups in total. The van der Waals surface area contributed by atoms with Gasteiger partial charge in [0.2, 0.25) is 0 Å². The number of nitrogens with zero attached hydrogens (tertiary/aromatic N) is 1. The monoisotopic (exact) mass is 351 g/mol. The zero-order chi connectivity index (χ0) is 17.6. The zero-order valence-corrected chi connectivity index (χ0v) is 16.6. The Morgan fingerprint density at radius 3 is 1.74 bits per heavy atom. The highest BCUT2D eigenvalue weighted by molar-refractivity contribution is 7.45. The van der Waals surface area contributed by atoms with Crippen LogP contribution in [0.5, 0.6) is 0 Å². The topological polar surface area (TPSA) is 58.6 Å². The van der Waals surface area contributed by atoms with Crippen LogP contribution in [-0.4, -0.2) is 44.4 Å². The lowest BCUT2D eigenvalue weighted by Crippen LogP contribution is -2.41. The van der Waals surface area contributed by atoms with Gasteiger partial charge in [-0.1, -0.05) is 40.0 Å². The summed E-state index contributed by atoms with van der Waals surface area (Å²) in [6, 6.07) is 0. The first kappa shape index (κ1) is 23.1. The SMILES string of the molecule is CCCCOP(=O)([O-])OCCCC.CCCC[N+]1(C)CCCC1. The molecule has 0 unspecified atom stereocenters. The summed E-state index contributed by atoms with van der Waals surface area (Å²) in [5.41, 5.74) is 0. The van der Waals surface area contributed by atoms with Gasteiger partial charge in [-0.3, -0.25) is 4.57 Å². The second-order valence-corrected chi connectivity index (χ2v) is 8.08. The summed E-state index contributed by atoms with van der Waals surface area (Å²) < 4.78 is 21.5. The molecule has 1 rings (SSSR count). The van der Waals surface area contributed by atoms with Gasteiger partial charge in [0, 0.05) is 12.8 Å². The van der Waals surface area contributed by atoms with Gasteiger partial charge < -0.3 is 18.4 Å². The van der Waals surface area contributed by atoms with Gasteiger partial charge in [-0.2, -0.15) is 0 Å². The fourth-order valence-corrected chi connectivity index (χ4v) is 3.32. The second kappa shape index (κ2) is 13.4. The predicted octanol–water partition coefficient (Wildman–Crippen LogP) is 4.12. The average molecular weight is 351 g/mol. The predicted molar refractivity (Wildman–Crippen MR) is 94.3 cm³/mol. The number of hydrogen-bond acceptors (Lipinski definition) is 4. The molecular formula is C17H38NO4P. The van der Waals surface area contributed by atoms with Crippen LogP contribution in [0, 0.1) is 0 Å². The van der Waals surface area contributed by atoms with Crippen molar-refractivity contribution in [3.8, 4) is 0 Å². The van der Waals surface area contributed by atoms with E-state index in [1.807, 2.05) is 13.8 Å². The van der Waals surface area contributed by atoms with E-state index >= 15 is 0 Å². The van der Waals surface area contributed by atoms with Gasteiger partial charge in [0.25, 0.3) is 7.82 Å². The van der Waals surface area contributed by atoms with Crippen LogP contribution in [0.15, 0.2) is 0 Å². The summed E-state index contributed by atoms with van der Waals surface area (Å²) in [5, 5.41) is 0. The molecule has 1 aliphatic heterocycles. The van der Waals surface area contributed by atoms with Gasteiger partial charge in [0.1, 0.15) is 0 Å². The van der Waals surface area contributed by atoms with Crippen LogP contribution >= 0.6 is 7.82 Å². The maximum atomic E-state index is 11.0. The van der Waals surface area contributed by atoms with Crippen molar-refractivity contribution in [2.75, 3.05) is 39.9 Å². The minimum absolute atomic E-state index is 0.226. The molecule has 0 amide bonds. The number of rotatable bonds is 11. The number of phosphoric ester groups is 1. The number of unbranched alkanes of at least 4 members (excludes halogenated alkanes) is 3. The second-order valence-electron chi connectivity index (χ2n) is 6.67. The van der Waals surface area contributed by atoms with Gasteiger partial charge in [0.15, 0.2) is 0 Å². The Bertz CT molecular complexity index is 306. The third kappa shape index (κ3) is 13.1.